The average Bonchev–Trinajstić information content (AvgIpc) is 3.19. The lowest BCUT2D eigenvalue weighted by atomic mass is 10.2. The van der Waals surface area contributed by atoms with Crippen molar-refractivity contribution in [2.45, 2.75) is 19.6 Å². The zero-order valence-corrected chi connectivity index (χ0v) is 16.4. The fourth-order valence-corrected chi connectivity index (χ4v) is 2.53. The number of aryl methyl sites for hydroxylation is 1. The fourth-order valence-electron chi connectivity index (χ4n) is 2.53. The number of aliphatic imine (C=N–C) groups is 1. The average molecular weight is 429 g/mol. The van der Waals surface area contributed by atoms with Crippen LogP contribution in [0.4, 0.5) is 24.5 Å². The summed E-state index contributed by atoms with van der Waals surface area (Å²) in [5, 5.41) is 4.91. The number of furan rings is 1. The van der Waals surface area contributed by atoms with E-state index in [4.69, 9.17) is 4.42 Å². The zero-order chi connectivity index (χ0) is 22.4. The number of rotatable bonds is 5. The molecule has 0 aliphatic rings. The Balaban J connectivity index is 1.54. The Morgan fingerprint density at radius 2 is 1.77 bits per heavy atom. The van der Waals surface area contributed by atoms with E-state index in [1.165, 1.54) is 18.3 Å². The molecule has 2 aromatic carbocycles. The summed E-state index contributed by atoms with van der Waals surface area (Å²) >= 11 is 0. The van der Waals surface area contributed by atoms with Gasteiger partial charge in [-0.25, -0.2) is 0 Å². The minimum Gasteiger partial charge on any atom is -0.458 e. The molecule has 0 saturated carbocycles. The van der Waals surface area contributed by atoms with Crippen molar-refractivity contribution in [2.24, 2.45) is 4.99 Å². The summed E-state index contributed by atoms with van der Waals surface area (Å²) in [7, 11) is 0. The number of halogens is 3. The normalized spacial score (nSPS) is 11.5. The van der Waals surface area contributed by atoms with Crippen LogP contribution in [0, 0.1) is 6.92 Å². The molecule has 31 heavy (non-hydrogen) atoms. The van der Waals surface area contributed by atoms with Crippen LogP contribution in [-0.4, -0.2) is 18.0 Å². The Kier molecular flexibility index (Phi) is 6.54. The van der Waals surface area contributed by atoms with E-state index in [0.717, 1.165) is 17.7 Å². The molecular formula is C22H18F3N3O3. The zero-order valence-electron chi connectivity index (χ0n) is 16.4. The van der Waals surface area contributed by atoms with E-state index in [1.54, 1.807) is 36.4 Å². The highest BCUT2D eigenvalue weighted by Crippen LogP contribution is 2.31. The van der Waals surface area contributed by atoms with Gasteiger partial charge in [0.1, 0.15) is 11.5 Å². The van der Waals surface area contributed by atoms with E-state index >= 15 is 0 Å². The van der Waals surface area contributed by atoms with Gasteiger partial charge >= 0.3 is 18.0 Å². The third-order valence-corrected chi connectivity index (χ3v) is 4.14. The molecule has 9 heteroatoms. The molecule has 0 saturated heterocycles. The molecule has 3 rings (SSSR count). The molecule has 0 atom stereocenters. The van der Waals surface area contributed by atoms with Crippen LogP contribution in [0.3, 0.4) is 0 Å². The van der Waals surface area contributed by atoms with Gasteiger partial charge in [-0.2, -0.15) is 13.2 Å². The van der Waals surface area contributed by atoms with Crippen LogP contribution in [0.15, 0.2) is 70.1 Å². The van der Waals surface area contributed by atoms with E-state index in [1.807, 2.05) is 6.92 Å². The number of carbonyl (C=O) groups is 2. The Hall–Kier alpha value is -3.88. The van der Waals surface area contributed by atoms with Crippen molar-refractivity contribution in [1.29, 1.82) is 0 Å². The van der Waals surface area contributed by atoms with Gasteiger partial charge in [-0.3, -0.25) is 14.6 Å². The minimum atomic E-state index is -4.45. The van der Waals surface area contributed by atoms with E-state index in [2.05, 4.69) is 15.6 Å². The van der Waals surface area contributed by atoms with E-state index in [-0.39, 0.29) is 18.0 Å². The Bertz CT molecular complexity index is 1100. The first kappa shape index (κ1) is 21.8. The maximum atomic E-state index is 12.7. The van der Waals surface area contributed by atoms with Crippen molar-refractivity contribution in [3.05, 3.63) is 83.3 Å². The van der Waals surface area contributed by atoms with Crippen LogP contribution in [0.25, 0.3) is 0 Å². The van der Waals surface area contributed by atoms with Gasteiger partial charge in [0.25, 0.3) is 0 Å². The van der Waals surface area contributed by atoms with Crippen LogP contribution in [0.1, 0.15) is 22.6 Å². The van der Waals surface area contributed by atoms with Crippen molar-refractivity contribution >= 4 is 29.4 Å². The molecule has 2 amide bonds. The first-order valence-corrected chi connectivity index (χ1v) is 9.16. The SMILES string of the molecule is Cc1ccc(NC(=O)C(=O)NCc2ccc(C=Nc3cccc(C(F)(F)F)c3)o2)cc1. The third kappa shape index (κ3) is 6.30. The number of carbonyl (C=O) groups excluding carboxylic acids is 2. The molecule has 3 aromatic rings. The fraction of sp³-hybridized carbons (Fsp3) is 0.136. The largest absolute Gasteiger partial charge is 0.458 e. The number of benzene rings is 2. The summed E-state index contributed by atoms with van der Waals surface area (Å²) in [5.41, 5.74) is 0.840. The predicted octanol–water partition coefficient (Wildman–Crippen LogP) is 4.61. The molecule has 1 heterocycles. The van der Waals surface area contributed by atoms with E-state index in [0.29, 0.717) is 11.4 Å². The van der Waals surface area contributed by atoms with Crippen LogP contribution in [-0.2, 0) is 22.3 Å². The van der Waals surface area contributed by atoms with Crippen molar-refractivity contribution < 1.29 is 27.2 Å². The molecule has 0 aliphatic heterocycles. The monoisotopic (exact) mass is 429 g/mol. The van der Waals surface area contributed by atoms with Gasteiger partial charge in [0.05, 0.1) is 24.0 Å². The Labute approximate surface area is 175 Å². The first-order valence-electron chi connectivity index (χ1n) is 9.16. The predicted molar refractivity (Wildman–Crippen MR) is 109 cm³/mol. The van der Waals surface area contributed by atoms with Gasteiger partial charge in [0, 0.05) is 5.69 Å². The second-order valence-electron chi connectivity index (χ2n) is 6.61. The van der Waals surface area contributed by atoms with Gasteiger partial charge in [-0.1, -0.05) is 23.8 Å². The van der Waals surface area contributed by atoms with E-state index in [9.17, 15) is 22.8 Å². The van der Waals surface area contributed by atoms with Crippen molar-refractivity contribution in [2.75, 3.05) is 5.32 Å². The van der Waals surface area contributed by atoms with Crippen LogP contribution >= 0.6 is 0 Å². The molecule has 0 spiro atoms. The van der Waals surface area contributed by atoms with Crippen molar-refractivity contribution in [1.82, 2.24) is 5.32 Å². The standard InChI is InChI=1S/C22H18F3N3O3/c1-14-5-7-16(8-6-14)28-21(30)20(29)27-13-19-10-9-18(31-19)12-26-17-4-2-3-15(11-17)22(23,24)25/h2-12H,13H2,1H3,(H,27,29)(H,28,30). The van der Waals surface area contributed by atoms with Crippen molar-refractivity contribution in [3.63, 3.8) is 0 Å². The quantitative estimate of drug-likeness (QED) is 0.459. The smallest absolute Gasteiger partial charge is 0.416 e. The molecular weight excluding hydrogens is 411 g/mol. The first-order chi connectivity index (χ1) is 14.7. The second-order valence-corrected chi connectivity index (χ2v) is 6.61. The third-order valence-electron chi connectivity index (χ3n) is 4.14. The molecule has 0 fully saturated rings. The Morgan fingerprint density at radius 1 is 1.03 bits per heavy atom. The summed E-state index contributed by atoms with van der Waals surface area (Å²) in [6.45, 7) is 1.86. The lowest BCUT2D eigenvalue weighted by molar-refractivity contribution is -0.137. The molecule has 1 aromatic heterocycles. The highest BCUT2D eigenvalue weighted by molar-refractivity contribution is 6.39. The number of hydrogen-bond acceptors (Lipinski definition) is 4. The van der Waals surface area contributed by atoms with Crippen LogP contribution in [0.2, 0.25) is 0 Å². The van der Waals surface area contributed by atoms with Crippen LogP contribution < -0.4 is 10.6 Å². The summed E-state index contributed by atoms with van der Waals surface area (Å²) in [4.78, 5) is 27.8. The van der Waals surface area contributed by atoms with Gasteiger partial charge in [-0.05, 0) is 49.4 Å². The lowest BCUT2D eigenvalue weighted by Crippen LogP contribution is -2.34. The van der Waals surface area contributed by atoms with Crippen LogP contribution in [0.5, 0.6) is 0 Å². The molecule has 6 nitrogen and oxygen atoms in total. The van der Waals surface area contributed by atoms with Gasteiger partial charge < -0.3 is 15.1 Å². The van der Waals surface area contributed by atoms with Gasteiger partial charge in [0.2, 0.25) is 0 Å². The maximum absolute atomic E-state index is 12.7. The number of nitrogens with zero attached hydrogens (tertiary/aromatic N) is 1. The Morgan fingerprint density at radius 3 is 2.48 bits per heavy atom. The highest BCUT2D eigenvalue weighted by Gasteiger charge is 2.30. The highest BCUT2D eigenvalue weighted by atomic mass is 19.4. The topological polar surface area (TPSA) is 83.7 Å². The number of hydrogen-bond donors (Lipinski definition) is 2. The number of alkyl halides is 3. The molecule has 0 bridgehead atoms. The molecule has 2 N–H and O–H groups in total. The number of nitrogens with one attached hydrogen (secondary N) is 2. The number of anilines is 1. The summed E-state index contributed by atoms with van der Waals surface area (Å²) in [6.07, 6.45) is -3.18. The molecule has 160 valence electrons. The summed E-state index contributed by atoms with van der Waals surface area (Å²) in [6, 6.07) is 14.7. The van der Waals surface area contributed by atoms with E-state index < -0.39 is 23.6 Å². The van der Waals surface area contributed by atoms with Gasteiger partial charge in [-0.15, -0.1) is 0 Å². The molecule has 0 aliphatic carbocycles. The molecule has 0 unspecified atom stereocenters. The number of amides is 2. The summed E-state index contributed by atoms with van der Waals surface area (Å²) in [5.74, 6) is -1.02. The van der Waals surface area contributed by atoms with Gasteiger partial charge in [0.15, 0.2) is 0 Å². The second kappa shape index (κ2) is 9.29. The molecule has 0 radical (unpaired) electrons. The summed E-state index contributed by atoms with van der Waals surface area (Å²) < 4.78 is 43.7. The lowest BCUT2D eigenvalue weighted by Gasteiger charge is -2.06. The minimum absolute atomic E-state index is 0.0441. The maximum Gasteiger partial charge on any atom is 0.416 e. The van der Waals surface area contributed by atoms with Crippen molar-refractivity contribution in [3.8, 4) is 0 Å².